The second kappa shape index (κ2) is 11.4. The molecule has 1 unspecified atom stereocenters. The van der Waals surface area contributed by atoms with Crippen LogP contribution in [0.4, 0.5) is 5.69 Å². The van der Waals surface area contributed by atoms with Crippen LogP contribution < -0.4 is 5.32 Å². The Balaban J connectivity index is 0.00000289. The van der Waals surface area contributed by atoms with Gasteiger partial charge in [-0.3, -0.25) is 14.6 Å². The first-order valence-corrected chi connectivity index (χ1v) is 11.8. The van der Waals surface area contributed by atoms with E-state index in [1.54, 1.807) is 0 Å². The molecular weight excluding hydrogens is 446 g/mol. The maximum atomic E-state index is 12.7. The van der Waals surface area contributed by atoms with Gasteiger partial charge in [0, 0.05) is 42.3 Å². The minimum Gasteiger partial charge on any atom is -0.481 e. The Morgan fingerprint density at radius 3 is 2.59 bits per heavy atom. The van der Waals surface area contributed by atoms with E-state index in [4.69, 9.17) is 5.11 Å². The Morgan fingerprint density at radius 1 is 1.12 bits per heavy atom. The monoisotopic (exact) mass is 473 g/mol. The maximum Gasteiger partial charge on any atom is 0.303 e. The van der Waals surface area contributed by atoms with Gasteiger partial charge < -0.3 is 10.4 Å². The molecule has 0 spiro atoms. The van der Waals surface area contributed by atoms with Crippen molar-refractivity contribution in [2.45, 2.75) is 25.7 Å². The number of carbonyl (C=O) groups is 2. The number of hydrazone groups is 1. The summed E-state index contributed by atoms with van der Waals surface area (Å²) in [5.41, 5.74) is 4.68. The molecule has 0 bridgehead atoms. The number of nitrogens with zero attached hydrogens (tertiary/aromatic N) is 2. The van der Waals surface area contributed by atoms with Gasteiger partial charge in [0.05, 0.1) is 6.21 Å². The fraction of sp³-hybridized carbons (Fsp3) is 0.375. The number of carboxylic acid groups (broad SMARTS) is 1. The molecule has 1 aliphatic carbocycles. The van der Waals surface area contributed by atoms with Gasteiger partial charge in [0.25, 0.3) is 5.91 Å². The van der Waals surface area contributed by atoms with Crippen molar-refractivity contribution in [2.75, 3.05) is 29.9 Å². The Labute approximate surface area is 198 Å². The SMILES string of the molecule is Cl.O=C(O)CC1CCc2ccc(NC(=O)c3ccc(C=NN4CCSCC4)cc3)cc2C1. The summed E-state index contributed by atoms with van der Waals surface area (Å²) in [5, 5.41) is 18.6. The zero-order chi connectivity index (χ0) is 21.6. The number of aliphatic carboxylic acids is 1. The third-order valence-electron chi connectivity index (χ3n) is 5.79. The third kappa shape index (κ3) is 6.50. The van der Waals surface area contributed by atoms with Crippen molar-refractivity contribution >= 4 is 47.9 Å². The zero-order valence-electron chi connectivity index (χ0n) is 17.8. The van der Waals surface area contributed by atoms with E-state index in [2.05, 4.69) is 15.4 Å². The first kappa shape index (κ1) is 24.1. The highest BCUT2D eigenvalue weighted by Gasteiger charge is 2.21. The largest absolute Gasteiger partial charge is 0.481 e. The molecule has 4 rings (SSSR count). The summed E-state index contributed by atoms with van der Waals surface area (Å²) < 4.78 is 0. The van der Waals surface area contributed by atoms with E-state index in [9.17, 15) is 9.59 Å². The molecule has 1 fully saturated rings. The van der Waals surface area contributed by atoms with Crippen LogP contribution in [0.1, 0.15) is 39.9 Å². The van der Waals surface area contributed by atoms with Gasteiger partial charge >= 0.3 is 5.97 Å². The summed E-state index contributed by atoms with van der Waals surface area (Å²) in [6, 6.07) is 13.4. The van der Waals surface area contributed by atoms with Crippen LogP contribution in [-0.4, -0.2) is 52.8 Å². The summed E-state index contributed by atoms with van der Waals surface area (Å²) in [6.45, 7) is 1.94. The lowest BCUT2D eigenvalue weighted by atomic mass is 9.82. The fourth-order valence-corrected chi connectivity index (χ4v) is 4.96. The number of anilines is 1. The van der Waals surface area contributed by atoms with Crippen molar-refractivity contribution in [3.8, 4) is 0 Å². The number of aryl methyl sites for hydroxylation is 1. The highest BCUT2D eigenvalue weighted by Crippen LogP contribution is 2.29. The molecule has 0 radical (unpaired) electrons. The molecule has 170 valence electrons. The number of hydrogen-bond acceptors (Lipinski definition) is 5. The number of rotatable bonds is 6. The van der Waals surface area contributed by atoms with Gasteiger partial charge in [0.2, 0.25) is 0 Å². The van der Waals surface area contributed by atoms with Gasteiger partial charge in [0.15, 0.2) is 0 Å². The maximum absolute atomic E-state index is 12.7. The lowest BCUT2D eigenvalue weighted by Gasteiger charge is -2.24. The second-order valence-corrected chi connectivity index (χ2v) is 9.30. The molecule has 8 heteroatoms. The van der Waals surface area contributed by atoms with Crippen molar-refractivity contribution in [3.63, 3.8) is 0 Å². The van der Waals surface area contributed by atoms with Crippen molar-refractivity contribution in [1.29, 1.82) is 0 Å². The average Bonchev–Trinajstić information content (AvgIpc) is 2.78. The van der Waals surface area contributed by atoms with Crippen molar-refractivity contribution in [2.24, 2.45) is 11.0 Å². The van der Waals surface area contributed by atoms with Gasteiger partial charge in [-0.2, -0.15) is 16.9 Å². The zero-order valence-corrected chi connectivity index (χ0v) is 19.5. The Bertz CT molecular complexity index is 975. The molecule has 0 saturated carbocycles. The molecule has 2 aliphatic rings. The number of carbonyl (C=O) groups excluding carboxylic acids is 1. The number of benzene rings is 2. The molecular formula is C24H28ClN3O3S. The molecule has 2 N–H and O–H groups in total. The number of thioether (sulfide) groups is 1. The Morgan fingerprint density at radius 2 is 1.88 bits per heavy atom. The standard InChI is InChI=1S/C24H27N3O3S.ClH/c28-23(29)14-18-3-4-19-7-8-22(15-21(19)13-18)26-24(30)20-5-1-17(2-6-20)16-25-27-9-11-31-12-10-27;/h1-2,5-8,15-16,18H,3-4,9-14H2,(H,26,30)(H,28,29);1H. The van der Waals surface area contributed by atoms with E-state index in [0.29, 0.717) is 5.56 Å². The summed E-state index contributed by atoms with van der Waals surface area (Å²) in [4.78, 5) is 23.7. The van der Waals surface area contributed by atoms with E-state index in [0.717, 1.165) is 60.7 Å². The van der Waals surface area contributed by atoms with Crippen LogP contribution in [0.15, 0.2) is 47.6 Å². The molecule has 1 aliphatic heterocycles. The van der Waals surface area contributed by atoms with Crippen LogP contribution in [-0.2, 0) is 17.6 Å². The molecule has 1 amide bonds. The highest BCUT2D eigenvalue weighted by molar-refractivity contribution is 7.99. The smallest absolute Gasteiger partial charge is 0.303 e. The van der Waals surface area contributed by atoms with Gasteiger partial charge in [-0.15, -0.1) is 12.4 Å². The summed E-state index contributed by atoms with van der Waals surface area (Å²) in [5.74, 6) is 1.48. The predicted molar refractivity (Wildman–Crippen MR) is 132 cm³/mol. The second-order valence-electron chi connectivity index (χ2n) is 8.08. The summed E-state index contributed by atoms with van der Waals surface area (Å²) >= 11 is 1.95. The van der Waals surface area contributed by atoms with Gasteiger partial charge in [-0.25, -0.2) is 0 Å². The van der Waals surface area contributed by atoms with E-state index >= 15 is 0 Å². The normalized spacial score (nSPS) is 18.0. The topological polar surface area (TPSA) is 82.0 Å². The van der Waals surface area contributed by atoms with Gasteiger partial charge in [-0.1, -0.05) is 18.2 Å². The van der Waals surface area contributed by atoms with E-state index in [-0.39, 0.29) is 30.7 Å². The van der Waals surface area contributed by atoms with Gasteiger partial charge in [-0.05, 0) is 66.1 Å². The fourth-order valence-electron chi connectivity index (χ4n) is 4.07. The molecule has 6 nitrogen and oxygen atoms in total. The minimum absolute atomic E-state index is 0. The van der Waals surface area contributed by atoms with Crippen LogP contribution in [0.25, 0.3) is 0 Å². The van der Waals surface area contributed by atoms with Gasteiger partial charge in [0.1, 0.15) is 0 Å². The average molecular weight is 474 g/mol. The summed E-state index contributed by atoms with van der Waals surface area (Å²) in [6.07, 6.45) is 4.57. The number of nitrogens with one attached hydrogen (secondary N) is 1. The van der Waals surface area contributed by atoms with Crippen molar-refractivity contribution < 1.29 is 14.7 Å². The minimum atomic E-state index is -0.749. The number of carboxylic acids is 1. The van der Waals surface area contributed by atoms with Crippen LogP contribution in [0, 0.1) is 5.92 Å². The summed E-state index contributed by atoms with van der Waals surface area (Å²) in [7, 11) is 0. The lowest BCUT2D eigenvalue weighted by Crippen LogP contribution is -2.27. The van der Waals surface area contributed by atoms with Crippen LogP contribution in [0.5, 0.6) is 0 Å². The number of hydrogen-bond donors (Lipinski definition) is 2. The number of amides is 1. The molecule has 1 atom stereocenters. The first-order chi connectivity index (χ1) is 15.1. The molecule has 2 aromatic carbocycles. The Kier molecular flexibility index (Phi) is 8.59. The van der Waals surface area contributed by atoms with Crippen LogP contribution in [0.2, 0.25) is 0 Å². The van der Waals surface area contributed by atoms with Crippen LogP contribution in [0.3, 0.4) is 0 Å². The third-order valence-corrected chi connectivity index (χ3v) is 6.73. The molecule has 1 heterocycles. The first-order valence-electron chi connectivity index (χ1n) is 10.7. The molecule has 0 aromatic heterocycles. The molecule has 1 saturated heterocycles. The van der Waals surface area contributed by atoms with E-state index in [1.807, 2.05) is 60.4 Å². The highest BCUT2D eigenvalue weighted by atomic mass is 35.5. The number of halogens is 1. The van der Waals surface area contributed by atoms with Crippen LogP contribution >= 0.6 is 24.2 Å². The van der Waals surface area contributed by atoms with E-state index in [1.165, 1.54) is 5.56 Å². The quantitative estimate of drug-likeness (QED) is 0.610. The number of fused-ring (bicyclic) bond motifs is 1. The molecule has 32 heavy (non-hydrogen) atoms. The lowest BCUT2D eigenvalue weighted by molar-refractivity contribution is -0.138. The van der Waals surface area contributed by atoms with Crippen molar-refractivity contribution in [3.05, 3.63) is 64.7 Å². The Hall–Kier alpha value is -2.51. The van der Waals surface area contributed by atoms with Crippen molar-refractivity contribution in [1.82, 2.24) is 5.01 Å². The molecule has 2 aromatic rings. The van der Waals surface area contributed by atoms with E-state index < -0.39 is 5.97 Å². The predicted octanol–water partition coefficient (Wildman–Crippen LogP) is 4.32.